The van der Waals surface area contributed by atoms with Gasteiger partial charge in [-0.15, -0.1) is 0 Å². The van der Waals surface area contributed by atoms with E-state index in [0.29, 0.717) is 13.0 Å². The van der Waals surface area contributed by atoms with E-state index in [9.17, 15) is 4.39 Å². The summed E-state index contributed by atoms with van der Waals surface area (Å²) in [5.41, 5.74) is 6.23. The molecule has 0 heterocycles. The van der Waals surface area contributed by atoms with Crippen molar-refractivity contribution in [1.82, 2.24) is 5.32 Å². The van der Waals surface area contributed by atoms with Gasteiger partial charge in [-0.3, -0.25) is 0 Å². The number of halogens is 1. The average molecular weight is 225 g/mol. The minimum absolute atomic E-state index is 0.0687. The molecule has 0 aromatic heterocycles. The highest BCUT2D eigenvalue weighted by atomic mass is 19.1. The van der Waals surface area contributed by atoms with Crippen LogP contribution in [-0.2, 0) is 6.54 Å². The zero-order valence-electron chi connectivity index (χ0n) is 9.15. The summed E-state index contributed by atoms with van der Waals surface area (Å²) in [4.78, 5) is 0. The molecule has 4 nitrogen and oxygen atoms in total. The van der Waals surface area contributed by atoms with Gasteiger partial charge >= 0.3 is 0 Å². The van der Waals surface area contributed by atoms with Crippen molar-refractivity contribution in [1.29, 1.82) is 0 Å². The molecule has 1 rings (SSSR count). The molecule has 1 aromatic carbocycles. The van der Waals surface area contributed by atoms with Crippen molar-refractivity contribution < 1.29 is 9.60 Å². The fourth-order valence-electron chi connectivity index (χ4n) is 1.37. The third-order valence-corrected chi connectivity index (χ3v) is 2.19. The van der Waals surface area contributed by atoms with Crippen molar-refractivity contribution in [3.63, 3.8) is 0 Å². The number of nitrogens with zero attached hydrogens (tertiary/aromatic N) is 1. The van der Waals surface area contributed by atoms with Gasteiger partial charge in [-0.05, 0) is 24.6 Å². The molecule has 88 valence electrons. The molecule has 0 aliphatic carbocycles. The Kier molecular flexibility index (Phi) is 4.72. The molecule has 4 N–H and O–H groups in total. The van der Waals surface area contributed by atoms with Gasteiger partial charge in [0.2, 0.25) is 0 Å². The van der Waals surface area contributed by atoms with Crippen LogP contribution in [0, 0.1) is 5.82 Å². The molecule has 0 aliphatic heterocycles. The number of hydrogen-bond acceptors (Lipinski definition) is 3. The van der Waals surface area contributed by atoms with Crippen molar-refractivity contribution in [3.05, 3.63) is 35.6 Å². The van der Waals surface area contributed by atoms with E-state index >= 15 is 0 Å². The molecule has 0 radical (unpaired) electrons. The van der Waals surface area contributed by atoms with Gasteiger partial charge in [0.25, 0.3) is 0 Å². The van der Waals surface area contributed by atoms with Gasteiger partial charge in [0.05, 0.1) is 0 Å². The molecule has 0 saturated carbocycles. The molecule has 5 heteroatoms. The van der Waals surface area contributed by atoms with E-state index in [0.717, 1.165) is 5.56 Å². The van der Waals surface area contributed by atoms with E-state index in [2.05, 4.69) is 10.5 Å². The second-order valence-corrected chi connectivity index (χ2v) is 3.71. The Balaban J connectivity index is 2.40. The molecule has 0 fully saturated rings. The summed E-state index contributed by atoms with van der Waals surface area (Å²) in [5.74, 6) is -0.0670. The van der Waals surface area contributed by atoms with Gasteiger partial charge in [0, 0.05) is 19.0 Å². The van der Waals surface area contributed by atoms with Crippen molar-refractivity contribution in [2.24, 2.45) is 10.9 Å². The van der Waals surface area contributed by atoms with Crippen LogP contribution in [0.2, 0.25) is 0 Å². The van der Waals surface area contributed by atoms with Gasteiger partial charge in [-0.25, -0.2) is 4.39 Å². The highest BCUT2D eigenvalue weighted by Crippen LogP contribution is 2.03. The number of hydrogen-bond donors (Lipinski definition) is 3. The Morgan fingerprint density at radius 3 is 3.00 bits per heavy atom. The van der Waals surface area contributed by atoms with Crippen LogP contribution in [-0.4, -0.2) is 17.1 Å². The van der Waals surface area contributed by atoms with Crippen molar-refractivity contribution >= 4 is 5.84 Å². The third-order valence-electron chi connectivity index (χ3n) is 2.19. The van der Waals surface area contributed by atoms with Crippen molar-refractivity contribution in [2.75, 3.05) is 0 Å². The number of nitrogens with two attached hydrogens (primary N) is 1. The smallest absolute Gasteiger partial charge is 0.140 e. The molecular weight excluding hydrogens is 209 g/mol. The average Bonchev–Trinajstić information content (AvgIpc) is 2.26. The largest absolute Gasteiger partial charge is 0.409 e. The zero-order valence-corrected chi connectivity index (χ0v) is 9.15. The maximum atomic E-state index is 12.9. The molecule has 16 heavy (non-hydrogen) atoms. The van der Waals surface area contributed by atoms with Crippen LogP contribution in [0.3, 0.4) is 0 Å². The molecule has 1 aromatic rings. The highest BCUT2D eigenvalue weighted by Gasteiger charge is 2.04. The lowest BCUT2D eigenvalue weighted by molar-refractivity contribution is 0.316. The summed E-state index contributed by atoms with van der Waals surface area (Å²) in [6, 6.07) is 6.46. The third kappa shape index (κ3) is 4.27. The zero-order chi connectivity index (χ0) is 12.0. The normalized spacial score (nSPS) is 13.8. The minimum Gasteiger partial charge on any atom is -0.409 e. The summed E-state index contributed by atoms with van der Waals surface area (Å²) in [5, 5.41) is 14.4. The van der Waals surface area contributed by atoms with Gasteiger partial charge in [-0.1, -0.05) is 17.3 Å². The first kappa shape index (κ1) is 12.4. The Bertz CT molecular complexity index is 368. The quantitative estimate of drug-likeness (QED) is 0.307. The molecule has 0 saturated heterocycles. The molecule has 0 bridgehead atoms. The van der Waals surface area contributed by atoms with Crippen molar-refractivity contribution in [2.45, 2.75) is 25.9 Å². The Morgan fingerprint density at radius 2 is 2.38 bits per heavy atom. The standard InChI is InChI=1S/C11H16FN3O/c1-8(5-11(13)15-16)14-7-9-3-2-4-10(12)6-9/h2-4,6,8,14,16H,5,7H2,1H3,(H2,13,15). The molecule has 1 unspecified atom stereocenters. The fourth-order valence-corrected chi connectivity index (χ4v) is 1.37. The van der Waals surface area contributed by atoms with Crippen LogP contribution in [0.15, 0.2) is 29.4 Å². The molecule has 0 spiro atoms. The molecular formula is C11H16FN3O. The highest BCUT2D eigenvalue weighted by molar-refractivity contribution is 5.80. The maximum Gasteiger partial charge on any atom is 0.140 e. The van der Waals surface area contributed by atoms with Gasteiger partial charge in [0.1, 0.15) is 11.7 Å². The number of amidine groups is 1. The van der Waals surface area contributed by atoms with E-state index < -0.39 is 0 Å². The van der Waals surface area contributed by atoms with Gasteiger partial charge < -0.3 is 16.3 Å². The summed E-state index contributed by atoms with van der Waals surface area (Å²) >= 11 is 0. The van der Waals surface area contributed by atoms with Crippen LogP contribution in [0.25, 0.3) is 0 Å². The monoisotopic (exact) mass is 225 g/mol. The molecule has 0 amide bonds. The Hall–Kier alpha value is -1.62. The first-order chi connectivity index (χ1) is 7.61. The lowest BCUT2D eigenvalue weighted by Gasteiger charge is -2.12. The summed E-state index contributed by atoms with van der Waals surface area (Å²) < 4.78 is 12.9. The van der Waals surface area contributed by atoms with E-state index in [4.69, 9.17) is 10.9 Å². The Morgan fingerprint density at radius 1 is 1.62 bits per heavy atom. The van der Waals surface area contributed by atoms with Crippen LogP contribution >= 0.6 is 0 Å². The van der Waals surface area contributed by atoms with E-state index in [1.807, 2.05) is 13.0 Å². The lowest BCUT2D eigenvalue weighted by Crippen LogP contribution is -2.30. The van der Waals surface area contributed by atoms with Crippen LogP contribution in [0.4, 0.5) is 4.39 Å². The molecule has 0 aliphatic rings. The second-order valence-electron chi connectivity index (χ2n) is 3.71. The van der Waals surface area contributed by atoms with E-state index in [-0.39, 0.29) is 17.7 Å². The van der Waals surface area contributed by atoms with E-state index in [1.165, 1.54) is 12.1 Å². The second kappa shape index (κ2) is 6.07. The maximum absolute atomic E-state index is 12.9. The van der Waals surface area contributed by atoms with Gasteiger partial charge in [0.15, 0.2) is 0 Å². The predicted octanol–water partition coefficient (Wildman–Crippen LogP) is 1.44. The summed E-state index contributed by atoms with van der Waals surface area (Å²) in [7, 11) is 0. The molecule has 1 atom stereocenters. The minimum atomic E-state index is -0.247. The number of oxime groups is 1. The van der Waals surface area contributed by atoms with E-state index in [1.54, 1.807) is 6.07 Å². The SMILES string of the molecule is CC(CC(N)=NO)NCc1cccc(F)c1. The van der Waals surface area contributed by atoms with Gasteiger partial charge in [-0.2, -0.15) is 0 Å². The first-order valence-electron chi connectivity index (χ1n) is 5.06. The lowest BCUT2D eigenvalue weighted by atomic mass is 10.2. The first-order valence-corrected chi connectivity index (χ1v) is 5.06. The van der Waals surface area contributed by atoms with Crippen molar-refractivity contribution in [3.8, 4) is 0 Å². The number of nitrogens with one attached hydrogen (secondary N) is 1. The van der Waals surface area contributed by atoms with Crippen LogP contribution in [0.5, 0.6) is 0 Å². The fraction of sp³-hybridized carbons (Fsp3) is 0.364. The predicted molar refractivity (Wildman–Crippen MR) is 60.7 cm³/mol. The topological polar surface area (TPSA) is 70.6 Å². The number of benzene rings is 1. The van der Waals surface area contributed by atoms with Crippen LogP contribution < -0.4 is 11.1 Å². The Labute approximate surface area is 94.0 Å². The number of rotatable bonds is 5. The summed E-state index contributed by atoms with van der Waals surface area (Å²) in [6.07, 6.45) is 0.450. The van der Waals surface area contributed by atoms with Crippen LogP contribution in [0.1, 0.15) is 18.9 Å². The summed E-state index contributed by atoms with van der Waals surface area (Å²) in [6.45, 7) is 2.47.